The number of ether oxygens (including phenoxy) is 4. The lowest BCUT2D eigenvalue weighted by atomic mass is 10.0. The van der Waals surface area contributed by atoms with Gasteiger partial charge in [0.2, 0.25) is 19.0 Å². The van der Waals surface area contributed by atoms with Gasteiger partial charge in [0.15, 0.2) is 19.8 Å². The van der Waals surface area contributed by atoms with Gasteiger partial charge in [-0.15, -0.1) is 0 Å². The van der Waals surface area contributed by atoms with Gasteiger partial charge < -0.3 is 34.3 Å². The van der Waals surface area contributed by atoms with Crippen LogP contribution in [0.5, 0.6) is 5.75 Å². The van der Waals surface area contributed by atoms with Gasteiger partial charge in [0.25, 0.3) is 11.8 Å². The van der Waals surface area contributed by atoms with Crippen LogP contribution in [0.4, 0.5) is 18.4 Å². The number of pyridine rings is 1. The number of nitrogens with one attached hydrogen (secondary N) is 1. The minimum absolute atomic E-state index is 0.0442. The van der Waals surface area contributed by atoms with E-state index in [2.05, 4.69) is 5.32 Å². The number of rotatable bonds is 12. The number of aromatic nitrogens is 1. The summed E-state index contributed by atoms with van der Waals surface area (Å²) in [6.45, 7) is 5.05. The molecule has 2 aromatic rings. The van der Waals surface area contributed by atoms with E-state index < -0.39 is 105 Å². The number of hydrogen-bond acceptors (Lipinski definition) is 13. The van der Waals surface area contributed by atoms with Crippen molar-refractivity contribution in [2.24, 2.45) is 0 Å². The summed E-state index contributed by atoms with van der Waals surface area (Å²) >= 11 is 0. The Hall–Kier alpha value is -4.54. The third-order valence-corrected chi connectivity index (χ3v) is 9.79. The average Bonchev–Trinajstić information content (AvgIpc) is 3.48. The molecule has 19 heteroatoms. The number of hydrogen-bond donors (Lipinski definition) is 2. The minimum atomic E-state index is -1.95. The monoisotopic (exact) mass is 728 g/mol. The zero-order valence-corrected chi connectivity index (χ0v) is 29.2. The summed E-state index contributed by atoms with van der Waals surface area (Å²) < 4.78 is 60.1. The summed E-state index contributed by atoms with van der Waals surface area (Å²) in [5, 5.41) is 14.8. The number of halogens is 2. The lowest BCUT2D eigenvalue weighted by Gasteiger charge is -2.51. The molecule has 16 nitrogen and oxygen atoms in total. The molecule has 1 fully saturated rings. The van der Waals surface area contributed by atoms with Crippen LogP contribution >= 0.6 is 8.38 Å². The van der Waals surface area contributed by atoms with Gasteiger partial charge in [-0.25, -0.2) is 18.4 Å². The topological polar surface area (TPSA) is 184 Å². The number of nitrogens with zero attached hydrogens (tertiary/aromatic N) is 3. The predicted molar refractivity (Wildman–Crippen MR) is 171 cm³/mol. The molecule has 0 bridgehead atoms. The number of amides is 2. The highest BCUT2D eigenvalue weighted by atomic mass is 31.2. The van der Waals surface area contributed by atoms with Crippen molar-refractivity contribution in [3.8, 4) is 5.75 Å². The Bertz CT molecular complexity index is 1650. The molecule has 1 aliphatic heterocycles. The molecular weight excluding hydrogens is 689 g/mol. The summed E-state index contributed by atoms with van der Waals surface area (Å²) in [4.78, 5) is 65.1. The van der Waals surface area contributed by atoms with E-state index in [9.17, 15) is 37.9 Å². The molecule has 2 N–H and O–H groups in total. The van der Waals surface area contributed by atoms with Crippen LogP contribution in [0, 0.1) is 11.6 Å². The SMILES string of the molecule is CC(C)OC(=O)OCOP(OCOC(=O)OC(C)C)C1CCC2(C1)N(C)C(=O)c1c(O)c(=O)c(C(=O)NCc3ccc(F)cc3F)cn1N2C. The second-order valence-electron chi connectivity index (χ2n) is 12.0. The summed E-state index contributed by atoms with van der Waals surface area (Å²) in [6.07, 6.45) is -0.835. The lowest BCUT2D eigenvalue weighted by molar-refractivity contribution is -0.0248. The van der Waals surface area contributed by atoms with Crippen molar-refractivity contribution in [1.82, 2.24) is 14.9 Å². The first-order chi connectivity index (χ1) is 23.5. The molecule has 0 saturated heterocycles. The fraction of sp³-hybridized carbons (Fsp3) is 0.516. The van der Waals surface area contributed by atoms with Crippen molar-refractivity contribution in [2.75, 3.05) is 32.7 Å². The number of aromatic hydroxyl groups is 1. The molecule has 2 atom stereocenters. The Morgan fingerprint density at radius 1 is 1.02 bits per heavy atom. The molecule has 2 aliphatic rings. The second-order valence-corrected chi connectivity index (χ2v) is 13.8. The van der Waals surface area contributed by atoms with E-state index in [-0.39, 0.29) is 17.7 Å². The minimum Gasteiger partial charge on any atom is -0.502 e. The summed E-state index contributed by atoms with van der Waals surface area (Å²) in [7, 11) is 1.13. The van der Waals surface area contributed by atoms with E-state index in [1.54, 1.807) is 39.8 Å². The zero-order chi connectivity index (χ0) is 36.9. The maximum absolute atomic E-state index is 14.1. The van der Waals surface area contributed by atoms with Crippen LogP contribution in [-0.4, -0.2) is 90.0 Å². The number of benzene rings is 1. The van der Waals surface area contributed by atoms with E-state index in [0.717, 1.165) is 18.3 Å². The van der Waals surface area contributed by atoms with Crippen LogP contribution < -0.4 is 15.8 Å². The van der Waals surface area contributed by atoms with E-state index in [0.29, 0.717) is 18.9 Å². The molecule has 1 aliphatic carbocycles. The molecule has 50 heavy (non-hydrogen) atoms. The van der Waals surface area contributed by atoms with Gasteiger partial charge in [0.1, 0.15) is 22.9 Å². The normalized spacial score (nSPS) is 18.5. The van der Waals surface area contributed by atoms with Gasteiger partial charge in [-0.05, 0) is 46.6 Å². The third-order valence-electron chi connectivity index (χ3n) is 8.04. The van der Waals surface area contributed by atoms with E-state index in [1.165, 1.54) is 16.6 Å². The standard InChI is InChI=1S/C31H39F2N4O12P/c1-17(2)48-29(42)44-15-46-50(47-16-45-30(43)49-18(3)4)21-9-10-31(12-21)35(5)28(41)24-26(39)25(38)22(14-37(24)36(31)6)27(40)34-13-19-7-8-20(32)11-23(19)33/h7-8,11,14,17-18,21,39H,9-10,12-13,15-16H2,1-6H3,(H,34,40). The fourth-order valence-corrected chi connectivity index (χ4v) is 7.19. The smallest absolute Gasteiger partial charge is 0.502 e. The number of carbonyl (C=O) groups is 4. The van der Waals surface area contributed by atoms with Crippen molar-refractivity contribution in [3.05, 3.63) is 63.1 Å². The first-order valence-corrected chi connectivity index (χ1v) is 16.7. The quantitative estimate of drug-likeness (QED) is 0.182. The van der Waals surface area contributed by atoms with Gasteiger partial charge in [-0.1, -0.05) is 6.07 Å². The van der Waals surface area contributed by atoms with E-state index >= 15 is 0 Å². The predicted octanol–water partition coefficient (Wildman–Crippen LogP) is 4.05. The molecule has 274 valence electrons. The molecule has 2 unspecified atom stereocenters. The molecule has 2 amide bonds. The second kappa shape index (κ2) is 16.0. The lowest BCUT2D eigenvalue weighted by Crippen LogP contribution is -2.67. The highest BCUT2D eigenvalue weighted by molar-refractivity contribution is 7.48. The number of fused-ring (bicyclic) bond motifs is 1. The van der Waals surface area contributed by atoms with Gasteiger partial charge >= 0.3 is 12.3 Å². The molecule has 1 aromatic heterocycles. The molecule has 2 heterocycles. The fourth-order valence-electron chi connectivity index (χ4n) is 5.60. The van der Waals surface area contributed by atoms with Crippen molar-refractivity contribution in [3.63, 3.8) is 0 Å². The van der Waals surface area contributed by atoms with Crippen LogP contribution in [0.15, 0.2) is 29.2 Å². The maximum atomic E-state index is 14.1. The Labute approximate surface area is 287 Å². The largest absolute Gasteiger partial charge is 0.510 e. The van der Waals surface area contributed by atoms with E-state index in [1.807, 2.05) is 0 Å². The van der Waals surface area contributed by atoms with Crippen LogP contribution in [0.25, 0.3) is 0 Å². The van der Waals surface area contributed by atoms with Gasteiger partial charge in [0, 0.05) is 50.5 Å². The van der Waals surface area contributed by atoms with Crippen LogP contribution in [0.3, 0.4) is 0 Å². The Kier molecular flexibility index (Phi) is 12.2. The van der Waals surface area contributed by atoms with E-state index in [4.69, 9.17) is 28.0 Å². The first-order valence-electron chi connectivity index (χ1n) is 15.5. The van der Waals surface area contributed by atoms with Crippen molar-refractivity contribution >= 4 is 32.5 Å². The summed E-state index contributed by atoms with van der Waals surface area (Å²) in [6, 6.07) is 2.80. The van der Waals surface area contributed by atoms with Crippen molar-refractivity contribution in [2.45, 2.75) is 77.0 Å². The third kappa shape index (κ3) is 8.42. The van der Waals surface area contributed by atoms with Gasteiger partial charge in [-0.3, -0.25) is 33.1 Å². The van der Waals surface area contributed by atoms with Crippen LogP contribution in [0.1, 0.15) is 73.4 Å². The van der Waals surface area contributed by atoms with Crippen molar-refractivity contribution < 1.29 is 61.1 Å². The average molecular weight is 729 g/mol. The molecule has 1 spiro atoms. The molecule has 1 aromatic carbocycles. The zero-order valence-electron chi connectivity index (χ0n) is 28.3. The highest BCUT2D eigenvalue weighted by Crippen LogP contribution is 2.55. The van der Waals surface area contributed by atoms with Gasteiger partial charge in [-0.2, -0.15) is 0 Å². The summed E-state index contributed by atoms with van der Waals surface area (Å²) in [5.41, 5.74) is -3.64. The molecule has 1 saturated carbocycles. The summed E-state index contributed by atoms with van der Waals surface area (Å²) in [5.74, 6) is -4.37. The van der Waals surface area contributed by atoms with Crippen molar-refractivity contribution in [1.29, 1.82) is 0 Å². The van der Waals surface area contributed by atoms with Crippen LogP contribution in [-0.2, 0) is 34.5 Å². The molecule has 0 radical (unpaired) electrons. The molecular formula is C31H39F2N4O12P. The Morgan fingerprint density at radius 2 is 1.62 bits per heavy atom. The maximum Gasteiger partial charge on any atom is 0.510 e. The Morgan fingerprint density at radius 3 is 2.18 bits per heavy atom. The van der Waals surface area contributed by atoms with Crippen LogP contribution in [0.2, 0.25) is 0 Å². The first kappa shape index (κ1) is 38.3. The molecule has 4 rings (SSSR count). The number of carbonyl (C=O) groups excluding carboxylic acids is 4. The highest BCUT2D eigenvalue weighted by Gasteiger charge is 2.54. The Balaban J connectivity index is 1.56. The van der Waals surface area contributed by atoms with Gasteiger partial charge in [0.05, 0.1) is 12.2 Å².